The standard InChI is InChI=1S/C11H19N3/c1-4-8(3)10(12)9-5-7(2)6-14-11(9)13/h5-6,8,10H,4,12H2,1-3H3,(H2,13,14). The fourth-order valence-electron chi connectivity index (χ4n) is 1.43. The summed E-state index contributed by atoms with van der Waals surface area (Å²) in [5.74, 6) is 0.990. The summed E-state index contributed by atoms with van der Waals surface area (Å²) in [5.41, 5.74) is 14.0. The molecule has 0 spiro atoms. The third-order valence-corrected chi connectivity index (χ3v) is 2.70. The first-order valence-electron chi connectivity index (χ1n) is 5.03. The van der Waals surface area contributed by atoms with Crippen molar-refractivity contribution in [3.8, 4) is 0 Å². The van der Waals surface area contributed by atoms with E-state index in [9.17, 15) is 0 Å². The third-order valence-electron chi connectivity index (χ3n) is 2.70. The molecule has 2 unspecified atom stereocenters. The second-order valence-electron chi connectivity index (χ2n) is 3.90. The molecule has 14 heavy (non-hydrogen) atoms. The second-order valence-corrected chi connectivity index (χ2v) is 3.90. The summed E-state index contributed by atoms with van der Waals surface area (Å²) in [4.78, 5) is 4.11. The molecule has 0 fully saturated rings. The fraction of sp³-hybridized carbons (Fsp3) is 0.545. The first-order valence-corrected chi connectivity index (χ1v) is 5.03. The van der Waals surface area contributed by atoms with Gasteiger partial charge in [-0.15, -0.1) is 0 Å². The van der Waals surface area contributed by atoms with Crippen LogP contribution in [0.15, 0.2) is 12.3 Å². The van der Waals surface area contributed by atoms with Gasteiger partial charge in [0.15, 0.2) is 0 Å². The van der Waals surface area contributed by atoms with E-state index in [-0.39, 0.29) is 6.04 Å². The minimum absolute atomic E-state index is 0.00704. The van der Waals surface area contributed by atoms with Gasteiger partial charge in [0.05, 0.1) is 0 Å². The van der Waals surface area contributed by atoms with Gasteiger partial charge in [-0.3, -0.25) is 0 Å². The largest absolute Gasteiger partial charge is 0.383 e. The maximum absolute atomic E-state index is 6.10. The highest BCUT2D eigenvalue weighted by atomic mass is 14.8. The normalized spacial score (nSPS) is 15.1. The Bertz CT molecular complexity index is 309. The highest BCUT2D eigenvalue weighted by molar-refractivity contribution is 5.43. The zero-order chi connectivity index (χ0) is 10.7. The van der Waals surface area contributed by atoms with Gasteiger partial charge >= 0.3 is 0 Å². The highest BCUT2D eigenvalue weighted by Crippen LogP contribution is 2.25. The SMILES string of the molecule is CCC(C)C(N)c1cc(C)cnc1N. The Morgan fingerprint density at radius 1 is 1.50 bits per heavy atom. The highest BCUT2D eigenvalue weighted by Gasteiger charge is 2.16. The molecule has 1 rings (SSSR count). The van der Waals surface area contributed by atoms with E-state index in [2.05, 4.69) is 18.8 Å². The lowest BCUT2D eigenvalue weighted by molar-refractivity contribution is 0.457. The molecular weight excluding hydrogens is 174 g/mol. The molecule has 0 bridgehead atoms. The minimum Gasteiger partial charge on any atom is -0.383 e. The topological polar surface area (TPSA) is 64.9 Å². The van der Waals surface area contributed by atoms with Crippen LogP contribution in [0.25, 0.3) is 0 Å². The number of rotatable bonds is 3. The monoisotopic (exact) mass is 193 g/mol. The van der Waals surface area contributed by atoms with Crippen molar-refractivity contribution >= 4 is 5.82 Å². The summed E-state index contributed by atoms with van der Waals surface area (Å²) in [6.07, 6.45) is 2.82. The van der Waals surface area contributed by atoms with Gasteiger partial charge in [0.2, 0.25) is 0 Å². The van der Waals surface area contributed by atoms with E-state index >= 15 is 0 Å². The maximum atomic E-state index is 6.10. The van der Waals surface area contributed by atoms with E-state index in [1.165, 1.54) is 0 Å². The number of nitrogens with two attached hydrogens (primary N) is 2. The van der Waals surface area contributed by atoms with Crippen LogP contribution in [0.1, 0.15) is 37.4 Å². The summed E-state index contributed by atoms with van der Waals surface area (Å²) >= 11 is 0. The van der Waals surface area contributed by atoms with Crippen molar-refractivity contribution in [2.24, 2.45) is 11.7 Å². The molecule has 0 aliphatic rings. The van der Waals surface area contributed by atoms with Crippen molar-refractivity contribution in [1.82, 2.24) is 4.98 Å². The van der Waals surface area contributed by atoms with Gasteiger partial charge in [-0.25, -0.2) is 4.98 Å². The minimum atomic E-state index is -0.00704. The molecule has 0 aliphatic carbocycles. The first kappa shape index (κ1) is 11.0. The molecule has 0 saturated heterocycles. The number of pyridine rings is 1. The number of nitrogen functional groups attached to an aromatic ring is 1. The molecule has 2 atom stereocenters. The van der Waals surface area contributed by atoms with Gasteiger partial charge in [0.1, 0.15) is 5.82 Å². The van der Waals surface area contributed by atoms with E-state index in [0.29, 0.717) is 11.7 Å². The lowest BCUT2D eigenvalue weighted by Gasteiger charge is -2.20. The van der Waals surface area contributed by atoms with Crippen LogP contribution in [-0.4, -0.2) is 4.98 Å². The lowest BCUT2D eigenvalue weighted by Crippen LogP contribution is -2.20. The molecule has 1 aromatic heterocycles. The van der Waals surface area contributed by atoms with Crippen molar-refractivity contribution in [2.45, 2.75) is 33.2 Å². The number of aryl methyl sites for hydroxylation is 1. The van der Waals surface area contributed by atoms with Crippen molar-refractivity contribution in [3.05, 3.63) is 23.4 Å². The van der Waals surface area contributed by atoms with E-state index in [0.717, 1.165) is 17.5 Å². The molecule has 78 valence electrons. The van der Waals surface area contributed by atoms with E-state index in [4.69, 9.17) is 11.5 Å². The van der Waals surface area contributed by atoms with Crippen molar-refractivity contribution < 1.29 is 0 Å². The zero-order valence-electron chi connectivity index (χ0n) is 9.12. The van der Waals surface area contributed by atoms with Gasteiger partial charge in [-0.05, 0) is 24.5 Å². The number of nitrogens with zero attached hydrogens (tertiary/aromatic N) is 1. The van der Waals surface area contributed by atoms with Crippen molar-refractivity contribution in [1.29, 1.82) is 0 Å². The number of hydrogen-bond acceptors (Lipinski definition) is 3. The quantitative estimate of drug-likeness (QED) is 0.771. The predicted octanol–water partition coefficient (Wildman–Crippen LogP) is 2.02. The van der Waals surface area contributed by atoms with Crippen LogP contribution in [-0.2, 0) is 0 Å². The van der Waals surface area contributed by atoms with Crippen LogP contribution < -0.4 is 11.5 Å². The van der Waals surface area contributed by atoms with Gasteiger partial charge in [-0.2, -0.15) is 0 Å². The van der Waals surface area contributed by atoms with Crippen LogP contribution in [0.3, 0.4) is 0 Å². The van der Waals surface area contributed by atoms with E-state index in [1.807, 2.05) is 13.0 Å². The molecular formula is C11H19N3. The Kier molecular flexibility index (Phi) is 3.47. The Labute approximate surface area is 85.5 Å². The summed E-state index contributed by atoms with van der Waals surface area (Å²) < 4.78 is 0. The molecule has 3 heteroatoms. The number of aromatic nitrogens is 1. The van der Waals surface area contributed by atoms with Gasteiger partial charge in [0.25, 0.3) is 0 Å². The number of hydrogen-bond donors (Lipinski definition) is 2. The Balaban J connectivity index is 2.99. The summed E-state index contributed by atoms with van der Waals surface area (Å²) in [6, 6.07) is 2.02. The Morgan fingerprint density at radius 3 is 2.71 bits per heavy atom. The molecule has 0 aromatic carbocycles. The predicted molar refractivity (Wildman–Crippen MR) is 59.8 cm³/mol. The molecule has 1 heterocycles. The van der Waals surface area contributed by atoms with Gasteiger partial charge < -0.3 is 11.5 Å². The lowest BCUT2D eigenvalue weighted by atomic mass is 9.93. The van der Waals surface area contributed by atoms with Gasteiger partial charge in [0, 0.05) is 17.8 Å². The fourth-order valence-corrected chi connectivity index (χ4v) is 1.43. The Morgan fingerprint density at radius 2 is 2.14 bits per heavy atom. The second kappa shape index (κ2) is 4.42. The summed E-state index contributed by atoms with van der Waals surface area (Å²) in [6.45, 7) is 6.26. The average molecular weight is 193 g/mol. The molecule has 0 aliphatic heterocycles. The zero-order valence-corrected chi connectivity index (χ0v) is 9.12. The average Bonchev–Trinajstić information content (AvgIpc) is 2.19. The van der Waals surface area contributed by atoms with Crippen molar-refractivity contribution in [2.75, 3.05) is 5.73 Å². The molecule has 0 amide bonds. The third kappa shape index (κ3) is 2.23. The van der Waals surface area contributed by atoms with E-state index < -0.39 is 0 Å². The summed E-state index contributed by atoms with van der Waals surface area (Å²) in [7, 11) is 0. The molecule has 4 N–H and O–H groups in total. The first-order chi connectivity index (χ1) is 6.56. The number of anilines is 1. The van der Waals surface area contributed by atoms with Crippen LogP contribution >= 0.6 is 0 Å². The maximum Gasteiger partial charge on any atom is 0.128 e. The van der Waals surface area contributed by atoms with Crippen LogP contribution in [0.2, 0.25) is 0 Å². The van der Waals surface area contributed by atoms with Crippen molar-refractivity contribution in [3.63, 3.8) is 0 Å². The molecule has 0 radical (unpaired) electrons. The van der Waals surface area contributed by atoms with Crippen LogP contribution in [0, 0.1) is 12.8 Å². The Hall–Kier alpha value is -1.09. The van der Waals surface area contributed by atoms with Gasteiger partial charge in [-0.1, -0.05) is 20.3 Å². The van der Waals surface area contributed by atoms with E-state index in [1.54, 1.807) is 6.20 Å². The summed E-state index contributed by atoms with van der Waals surface area (Å²) in [5, 5.41) is 0. The smallest absolute Gasteiger partial charge is 0.128 e. The molecule has 0 saturated carbocycles. The van der Waals surface area contributed by atoms with Crippen LogP contribution in [0.5, 0.6) is 0 Å². The van der Waals surface area contributed by atoms with Crippen LogP contribution in [0.4, 0.5) is 5.82 Å². The molecule has 1 aromatic rings. The molecule has 3 nitrogen and oxygen atoms in total.